The lowest BCUT2D eigenvalue weighted by molar-refractivity contribution is -0.121. The number of carbonyl (C=O) groups is 1. The summed E-state index contributed by atoms with van der Waals surface area (Å²) in [5.41, 5.74) is 0.781. The molecule has 28 heavy (non-hydrogen) atoms. The first-order chi connectivity index (χ1) is 13.3. The Morgan fingerprint density at radius 1 is 1.14 bits per heavy atom. The van der Waals surface area contributed by atoms with E-state index in [-0.39, 0.29) is 16.7 Å². The van der Waals surface area contributed by atoms with Gasteiger partial charge >= 0.3 is 0 Å². The SMILES string of the molecule is CC(Sc1nnc(CN2CCCCC2)n1-c1ccccc1)C(=O)NC(C)(C)C. The van der Waals surface area contributed by atoms with Gasteiger partial charge in [0, 0.05) is 11.2 Å². The number of piperidine rings is 1. The first-order valence-electron chi connectivity index (χ1n) is 10.0. The number of hydrogen-bond acceptors (Lipinski definition) is 5. The Morgan fingerprint density at radius 3 is 2.46 bits per heavy atom. The smallest absolute Gasteiger partial charge is 0.233 e. The number of thioether (sulfide) groups is 1. The van der Waals surface area contributed by atoms with Crippen LogP contribution in [0.1, 0.15) is 52.8 Å². The maximum atomic E-state index is 12.5. The number of para-hydroxylation sites is 1. The molecule has 152 valence electrons. The number of carbonyl (C=O) groups excluding carboxylic acids is 1. The highest BCUT2D eigenvalue weighted by Crippen LogP contribution is 2.27. The van der Waals surface area contributed by atoms with Crippen molar-refractivity contribution in [2.75, 3.05) is 13.1 Å². The first-order valence-corrected chi connectivity index (χ1v) is 10.9. The van der Waals surface area contributed by atoms with E-state index >= 15 is 0 Å². The predicted molar refractivity (Wildman–Crippen MR) is 114 cm³/mol. The molecule has 1 saturated heterocycles. The molecule has 0 spiro atoms. The van der Waals surface area contributed by atoms with Crippen molar-refractivity contribution in [2.45, 2.75) is 69.4 Å². The van der Waals surface area contributed by atoms with Crippen LogP contribution in [-0.4, -0.2) is 49.4 Å². The fourth-order valence-corrected chi connectivity index (χ4v) is 4.20. The van der Waals surface area contributed by atoms with Crippen LogP contribution >= 0.6 is 11.8 Å². The van der Waals surface area contributed by atoms with Gasteiger partial charge in [0.2, 0.25) is 5.91 Å². The van der Waals surface area contributed by atoms with E-state index in [0.29, 0.717) is 0 Å². The number of nitrogens with zero attached hydrogens (tertiary/aromatic N) is 4. The number of nitrogens with one attached hydrogen (secondary N) is 1. The molecule has 0 saturated carbocycles. The molecule has 0 bridgehead atoms. The van der Waals surface area contributed by atoms with Crippen molar-refractivity contribution in [3.8, 4) is 5.69 Å². The molecule has 6 nitrogen and oxygen atoms in total. The third-order valence-electron chi connectivity index (χ3n) is 4.68. The van der Waals surface area contributed by atoms with Gasteiger partial charge < -0.3 is 5.32 Å². The third kappa shape index (κ3) is 5.58. The lowest BCUT2D eigenvalue weighted by Crippen LogP contribution is -2.44. The molecule has 2 heterocycles. The van der Waals surface area contributed by atoms with Crippen molar-refractivity contribution in [3.05, 3.63) is 36.2 Å². The first kappa shape index (κ1) is 20.9. The van der Waals surface area contributed by atoms with Gasteiger partial charge in [-0.3, -0.25) is 14.3 Å². The molecular formula is C21H31N5OS. The second-order valence-electron chi connectivity index (χ2n) is 8.41. The number of benzene rings is 1. The standard InChI is InChI=1S/C21H31N5OS/c1-16(19(27)22-21(2,3)4)28-20-24-23-18(15-25-13-9-6-10-14-25)26(20)17-11-7-5-8-12-17/h5,7-8,11-12,16H,6,9-10,13-15H2,1-4H3,(H,22,27). The largest absolute Gasteiger partial charge is 0.351 e. The molecule has 1 aliphatic rings. The van der Waals surface area contributed by atoms with Crippen LogP contribution in [0.25, 0.3) is 5.69 Å². The quantitative estimate of drug-likeness (QED) is 0.749. The number of likely N-dealkylation sites (tertiary alicyclic amines) is 1. The van der Waals surface area contributed by atoms with Crippen LogP contribution in [0.3, 0.4) is 0 Å². The van der Waals surface area contributed by atoms with Crippen LogP contribution in [0.5, 0.6) is 0 Å². The van der Waals surface area contributed by atoms with E-state index in [0.717, 1.165) is 36.3 Å². The summed E-state index contributed by atoms with van der Waals surface area (Å²) < 4.78 is 2.10. The van der Waals surface area contributed by atoms with Gasteiger partial charge in [-0.2, -0.15) is 0 Å². The molecule has 7 heteroatoms. The molecule has 1 amide bonds. The molecule has 1 aromatic carbocycles. The zero-order valence-corrected chi connectivity index (χ0v) is 18.1. The fraction of sp³-hybridized carbons (Fsp3) is 0.571. The minimum atomic E-state index is -0.256. The van der Waals surface area contributed by atoms with Crippen LogP contribution in [0, 0.1) is 0 Å². The Kier molecular flexibility index (Phi) is 6.78. The molecule has 3 rings (SSSR count). The Hall–Kier alpha value is -1.86. The number of aromatic nitrogens is 3. The van der Waals surface area contributed by atoms with Crippen molar-refractivity contribution in [1.82, 2.24) is 25.0 Å². The van der Waals surface area contributed by atoms with E-state index in [4.69, 9.17) is 0 Å². The maximum absolute atomic E-state index is 12.5. The van der Waals surface area contributed by atoms with Crippen molar-refractivity contribution >= 4 is 17.7 Å². The molecule has 0 radical (unpaired) electrons. The molecule has 1 fully saturated rings. The van der Waals surface area contributed by atoms with Crippen molar-refractivity contribution < 1.29 is 4.79 Å². The lowest BCUT2D eigenvalue weighted by atomic mass is 10.1. The van der Waals surface area contributed by atoms with Crippen LogP contribution in [0.2, 0.25) is 0 Å². The summed E-state index contributed by atoms with van der Waals surface area (Å²) in [5.74, 6) is 0.941. The van der Waals surface area contributed by atoms with Crippen molar-refractivity contribution in [3.63, 3.8) is 0 Å². The van der Waals surface area contributed by atoms with Crippen molar-refractivity contribution in [2.24, 2.45) is 0 Å². The highest BCUT2D eigenvalue weighted by molar-refractivity contribution is 8.00. The average Bonchev–Trinajstić information content (AvgIpc) is 3.04. The van der Waals surface area contributed by atoms with Crippen molar-refractivity contribution in [1.29, 1.82) is 0 Å². The lowest BCUT2D eigenvalue weighted by Gasteiger charge is -2.26. The summed E-state index contributed by atoms with van der Waals surface area (Å²) in [6.45, 7) is 10.9. The molecule has 1 aliphatic heterocycles. The van der Waals surface area contributed by atoms with Gasteiger partial charge in [0.1, 0.15) is 0 Å². The van der Waals surface area contributed by atoms with Crippen LogP contribution in [0.15, 0.2) is 35.5 Å². The third-order valence-corrected chi connectivity index (χ3v) is 5.72. The second kappa shape index (κ2) is 9.09. The minimum absolute atomic E-state index is 0.0118. The van der Waals surface area contributed by atoms with E-state index in [9.17, 15) is 4.79 Å². The van der Waals surface area contributed by atoms with E-state index in [2.05, 4.69) is 37.1 Å². The molecule has 1 unspecified atom stereocenters. The van der Waals surface area contributed by atoms with E-state index < -0.39 is 0 Å². The van der Waals surface area contributed by atoms with Crippen LogP contribution in [-0.2, 0) is 11.3 Å². The van der Waals surface area contributed by atoms with E-state index in [1.807, 2.05) is 45.9 Å². The second-order valence-corrected chi connectivity index (χ2v) is 9.71. The highest BCUT2D eigenvalue weighted by atomic mass is 32.2. The minimum Gasteiger partial charge on any atom is -0.351 e. The van der Waals surface area contributed by atoms with E-state index in [1.54, 1.807) is 0 Å². The van der Waals surface area contributed by atoms with Crippen LogP contribution < -0.4 is 5.32 Å². The van der Waals surface area contributed by atoms with Crippen LogP contribution in [0.4, 0.5) is 0 Å². The van der Waals surface area contributed by atoms with Gasteiger partial charge in [-0.05, 0) is 65.8 Å². The van der Waals surface area contributed by atoms with Gasteiger partial charge in [0.05, 0.1) is 11.8 Å². The Bertz CT molecular complexity index is 778. The molecular weight excluding hydrogens is 370 g/mol. The topological polar surface area (TPSA) is 63.1 Å². The molecule has 0 aliphatic carbocycles. The number of hydrogen-bond donors (Lipinski definition) is 1. The fourth-order valence-electron chi connectivity index (χ4n) is 3.32. The normalized spacial score (nSPS) is 16.7. The molecule has 2 aromatic rings. The molecule has 1 N–H and O–H groups in total. The summed E-state index contributed by atoms with van der Waals surface area (Å²) in [4.78, 5) is 15.0. The van der Waals surface area contributed by atoms with Gasteiger partial charge in [-0.25, -0.2) is 0 Å². The summed E-state index contributed by atoms with van der Waals surface area (Å²) in [7, 11) is 0. The Balaban J connectivity index is 1.83. The zero-order chi connectivity index (χ0) is 20.1. The van der Waals surface area contributed by atoms with Gasteiger partial charge in [-0.15, -0.1) is 10.2 Å². The van der Waals surface area contributed by atoms with Gasteiger partial charge in [-0.1, -0.05) is 36.4 Å². The average molecular weight is 402 g/mol. The molecule has 1 aromatic heterocycles. The summed E-state index contributed by atoms with van der Waals surface area (Å²) >= 11 is 1.46. The Labute approximate surface area is 172 Å². The number of rotatable bonds is 6. The zero-order valence-electron chi connectivity index (χ0n) is 17.3. The highest BCUT2D eigenvalue weighted by Gasteiger charge is 2.24. The summed E-state index contributed by atoms with van der Waals surface area (Å²) in [6, 6.07) is 10.2. The maximum Gasteiger partial charge on any atom is 0.233 e. The van der Waals surface area contributed by atoms with Gasteiger partial charge in [0.25, 0.3) is 0 Å². The molecule has 1 atom stereocenters. The number of amides is 1. The predicted octanol–water partition coefficient (Wildman–Crippen LogP) is 3.65. The van der Waals surface area contributed by atoms with E-state index in [1.165, 1.54) is 31.0 Å². The Morgan fingerprint density at radius 2 is 1.82 bits per heavy atom. The van der Waals surface area contributed by atoms with Gasteiger partial charge in [0.15, 0.2) is 11.0 Å². The summed E-state index contributed by atoms with van der Waals surface area (Å²) in [5, 5.41) is 12.5. The monoisotopic (exact) mass is 401 g/mol. The summed E-state index contributed by atoms with van der Waals surface area (Å²) in [6.07, 6.45) is 3.79.